The topological polar surface area (TPSA) is 66.8 Å². The maximum absolute atomic E-state index is 11.7. The van der Waals surface area contributed by atoms with Gasteiger partial charge >= 0.3 is 5.97 Å². The molecule has 0 saturated carbocycles. The fraction of sp³-hybridized carbons (Fsp3) is 0.917. The van der Waals surface area contributed by atoms with Crippen molar-refractivity contribution in [2.75, 3.05) is 19.8 Å². The van der Waals surface area contributed by atoms with Gasteiger partial charge in [0.2, 0.25) is 0 Å². The van der Waals surface area contributed by atoms with E-state index in [2.05, 4.69) is 0 Å². The van der Waals surface area contributed by atoms with Crippen LogP contribution in [0.5, 0.6) is 0 Å². The van der Waals surface area contributed by atoms with E-state index < -0.39 is 11.4 Å². The number of esters is 1. The van der Waals surface area contributed by atoms with Crippen molar-refractivity contribution in [3.05, 3.63) is 0 Å². The number of aliphatic hydroxyl groups excluding tert-OH is 2. The molecule has 0 rings (SSSR count). The average molecular weight is 232 g/mol. The lowest BCUT2D eigenvalue weighted by Crippen LogP contribution is -2.36. The zero-order valence-electron chi connectivity index (χ0n) is 10.7. The summed E-state index contributed by atoms with van der Waals surface area (Å²) in [6, 6.07) is 0. The van der Waals surface area contributed by atoms with Crippen LogP contribution in [0, 0.1) is 10.8 Å². The third-order valence-electron chi connectivity index (χ3n) is 3.41. The number of carbonyl (C=O) groups excluding carboxylic acids is 1. The van der Waals surface area contributed by atoms with Crippen molar-refractivity contribution in [2.45, 2.75) is 40.5 Å². The highest BCUT2D eigenvalue weighted by Gasteiger charge is 2.34. The van der Waals surface area contributed by atoms with Gasteiger partial charge in [-0.1, -0.05) is 20.8 Å². The van der Waals surface area contributed by atoms with Crippen LogP contribution in [0.1, 0.15) is 40.5 Å². The monoisotopic (exact) mass is 232 g/mol. The van der Waals surface area contributed by atoms with Gasteiger partial charge in [0.25, 0.3) is 0 Å². The number of hydrogen-bond donors (Lipinski definition) is 2. The molecule has 0 fully saturated rings. The quantitative estimate of drug-likeness (QED) is 0.650. The molecule has 0 saturated heterocycles. The van der Waals surface area contributed by atoms with Gasteiger partial charge in [-0.25, -0.2) is 0 Å². The Bertz CT molecular complexity index is 217. The second-order valence-electron chi connectivity index (χ2n) is 4.97. The molecule has 0 aliphatic rings. The van der Waals surface area contributed by atoms with E-state index in [0.717, 1.165) is 6.42 Å². The van der Waals surface area contributed by atoms with Gasteiger partial charge in [-0.3, -0.25) is 4.79 Å². The minimum atomic E-state index is -0.829. The number of ether oxygens (including phenoxy) is 1. The third-order valence-corrected chi connectivity index (χ3v) is 3.41. The first kappa shape index (κ1) is 15.4. The number of carbonyl (C=O) groups is 1. The smallest absolute Gasteiger partial charge is 0.314 e. The zero-order chi connectivity index (χ0) is 12.8. The molecule has 0 spiro atoms. The van der Waals surface area contributed by atoms with Crippen molar-refractivity contribution < 1.29 is 19.7 Å². The van der Waals surface area contributed by atoms with Crippen LogP contribution in [0.25, 0.3) is 0 Å². The van der Waals surface area contributed by atoms with Gasteiger partial charge < -0.3 is 14.9 Å². The predicted molar refractivity (Wildman–Crippen MR) is 61.9 cm³/mol. The normalized spacial score (nSPS) is 18.6. The highest BCUT2D eigenvalue weighted by Crippen LogP contribution is 2.25. The minimum absolute atomic E-state index is 0.0151. The summed E-state index contributed by atoms with van der Waals surface area (Å²) in [5.41, 5.74) is -1.22. The van der Waals surface area contributed by atoms with Crippen LogP contribution < -0.4 is 0 Å². The molecular formula is C12H24O4. The molecule has 2 atom stereocenters. The van der Waals surface area contributed by atoms with Crippen LogP contribution >= 0.6 is 0 Å². The van der Waals surface area contributed by atoms with Gasteiger partial charge in [0.05, 0.1) is 25.2 Å². The first-order valence-electron chi connectivity index (χ1n) is 5.76. The largest absolute Gasteiger partial charge is 0.465 e. The second kappa shape index (κ2) is 6.21. The van der Waals surface area contributed by atoms with Crippen molar-refractivity contribution in [1.82, 2.24) is 0 Å². The summed E-state index contributed by atoms with van der Waals surface area (Å²) in [6.07, 6.45) is 1.27. The molecule has 0 aromatic carbocycles. The number of hydrogen-bond acceptors (Lipinski definition) is 4. The van der Waals surface area contributed by atoms with Crippen molar-refractivity contribution in [3.8, 4) is 0 Å². The van der Waals surface area contributed by atoms with Gasteiger partial charge in [-0.05, 0) is 19.8 Å². The van der Waals surface area contributed by atoms with Crippen LogP contribution in [-0.4, -0.2) is 36.0 Å². The van der Waals surface area contributed by atoms with E-state index >= 15 is 0 Å². The Hall–Kier alpha value is -0.610. The van der Waals surface area contributed by atoms with Crippen LogP contribution in [0.3, 0.4) is 0 Å². The van der Waals surface area contributed by atoms with E-state index in [1.807, 2.05) is 20.8 Å². The molecule has 4 heteroatoms. The Labute approximate surface area is 97.6 Å². The Morgan fingerprint density at radius 2 is 1.69 bits per heavy atom. The Balaban J connectivity index is 4.36. The SMILES string of the molecule is CCC(C)(CO)COC(=O)C(C)(CC)CO. The van der Waals surface area contributed by atoms with E-state index in [1.54, 1.807) is 6.92 Å². The zero-order valence-corrected chi connectivity index (χ0v) is 10.7. The molecule has 0 aromatic heterocycles. The molecule has 96 valence electrons. The third kappa shape index (κ3) is 3.76. The van der Waals surface area contributed by atoms with E-state index in [-0.39, 0.29) is 25.2 Å². The summed E-state index contributed by atoms with van der Waals surface area (Å²) in [6.45, 7) is 7.27. The highest BCUT2D eigenvalue weighted by molar-refractivity contribution is 5.76. The average Bonchev–Trinajstić information content (AvgIpc) is 2.34. The van der Waals surface area contributed by atoms with E-state index in [1.165, 1.54) is 0 Å². The number of rotatable bonds is 7. The summed E-state index contributed by atoms with van der Waals surface area (Å²) < 4.78 is 5.18. The molecule has 0 aliphatic carbocycles. The molecule has 16 heavy (non-hydrogen) atoms. The van der Waals surface area contributed by atoms with E-state index in [0.29, 0.717) is 6.42 Å². The Kier molecular flexibility index (Phi) is 5.97. The van der Waals surface area contributed by atoms with E-state index in [9.17, 15) is 9.90 Å². The molecule has 0 amide bonds. The number of aliphatic hydroxyl groups is 2. The van der Waals surface area contributed by atoms with Gasteiger partial charge in [-0.15, -0.1) is 0 Å². The van der Waals surface area contributed by atoms with Crippen molar-refractivity contribution in [3.63, 3.8) is 0 Å². The van der Waals surface area contributed by atoms with Crippen LogP contribution in [-0.2, 0) is 9.53 Å². The molecule has 2 unspecified atom stereocenters. The lowest BCUT2D eigenvalue weighted by atomic mass is 9.87. The summed E-state index contributed by atoms with van der Waals surface area (Å²) >= 11 is 0. The first-order chi connectivity index (χ1) is 7.37. The summed E-state index contributed by atoms with van der Waals surface area (Å²) in [7, 11) is 0. The minimum Gasteiger partial charge on any atom is -0.465 e. The first-order valence-corrected chi connectivity index (χ1v) is 5.76. The van der Waals surface area contributed by atoms with Gasteiger partial charge in [0.15, 0.2) is 0 Å². The molecule has 0 aromatic rings. The summed E-state index contributed by atoms with van der Waals surface area (Å²) in [5, 5.41) is 18.3. The van der Waals surface area contributed by atoms with Gasteiger partial charge in [0, 0.05) is 5.41 Å². The maximum Gasteiger partial charge on any atom is 0.314 e. The van der Waals surface area contributed by atoms with Crippen LogP contribution in [0.2, 0.25) is 0 Å². The molecule has 0 radical (unpaired) electrons. The fourth-order valence-electron chi connectivity index (χ4n) is 0.994. The lowest BCUT2D eigenvalue weighted by Gasteiger charge is -2.29. The molecular weight excluding hydrogens is 208 g/mol. The van der Waals surface area contributed by atoms with Crippen molar-refractivity contribution >= 4 is 5.97 Å². The molecule has 0 aliphatic heterocycles. The van der Waals surface area contributed by atoms with Gasteiger partial charge in [-0.2, -0.15) is 0 Å². The molecule has 2 N–H and O–H groups in total. The highest BCUT2D eigenvalue weighted by atomic mass is 16.5. The predicted octanol–water partition coefficient (Wildman–Crippen LogP) is 1.35. The second-order valence-corrected chi connectivity index (χ2v) is 4.97. The molecule has 0 bridgehead atoms. The maximum atomic E-state index is 11.7. The Morgan fingerprint density at radius 1 is 1.12 bits per heavy atom. The van der Waals surface area contributed by atoms with Gasteiger partial charge in [0.1, 0.15) is 0 Å². The Morgan fingerprint density at radius 3 is 2.00 bits per heavy atom. The molecule has 0 heterocycles. The van der Waals surface area contributed by atoms with E-state index in [4.69, 9.17) is 9.84 Å². The fourth-order valence-corrected chi connectivity index (χ4v) is 0.994. The van der Waals surface area contributed by atoms with Crippen LogP contribution in [0.4, 0.5) is 0 Å². The standard InChI is InChI=1S/C12H24O4/c1-5-11(3,7-13)9-16-10(15)12(4,6-2)8-14/h13-14H,5-9H2,1-4H3. The van der Waals surface area contributed by atoms with Crippen molar-refractivity contribution in [1.29, 1.82) is 0 Å². The van der Waals surface area contributed by atoms with Crippen molar-refractivity contribution in [2.24, 2.45) is 10.8 Å². The summed E-state index contributed by atoms with van der Waals surface area (Å²) in [5.74, 6) is -0.398. The lowest BCUT2D eigenvalue weighted by molar-refractivity contribution is -0.162. The van der Waals surface area contributed by atoms with Crippen LogP contribution in [0.15, 0.2) is 0 Å². The molecule has 4 nitrogen and oxygen atoms in total. The summed E-state index contributed by atoms with van der Waals surface area (Å²) in [4.78, 5) is 11.7.